The molecule has 5 rings (SSSR count). The maximum absolute atomic E-state index is 13.0. The van der Waals surface area contributed by atoms with Gasteiger partial charge in [-0.15, -0.1) is 16.4 Å². The maximum Gasteiger partial charge on any atom is 0.274 e. The number of nitrogens with zero attached hydrogens (tertiary/aromatic N) is 6. The molecule has 4 aromatic heterocycles. The zero-order valence-electron chi connectivity index (χ0n) is 17.4. The van der Waals surface area contributed by atoms with Crippen LogP contribution in [0, 0.1) is 6.92 Å². The number of amides is 1. The lowest BCUT2D eigenvalue weighted by molar-refractivity contribution is 0.0934. The Morgan fingerprint density at radius 1 is 1.09 bits per heavy atom. The predicted molar refractivity (Wildman–Crippen MR) is 123 cm³/mol. The Kier molecular flexibility index (Phi) is 5.16. The second-order valence-electron chi connectivity index (χ2n) is 7.32. The molecule has 1 N–H and O–H groups in total. The number of carbonyl (C=O) groups excluding carboxylic acids is 1. The van der Waals surface area contributed by atoms with Gasteiger partial charge in [-0.1, -0.05) is 17.3 Å². The molecule has 5 aromatic rings. The zero-order valence-corrected chi connectivity index (χ0v) is 18.2. The summed E-state index contributed by atoms with van der Waals surface area (Å²) < 4.78 is 1.69. The van der Waals surface area contributed by atoms with Crippen LogP contribution in [0.1, 0.15) is 34.2 Å². The van der Waals surface area contributed by atoms with Crippen LogP contribution in [-0.4, -0.2) is 35.9 Å². The number of rotatable bonds is 5. The number of aromatic nitrogens is 6. The normalized spacial score (nSPS) is 12.1. The van der Waals surface area contributed by atoms with E-state index in [1.165, 1.54) is 11.3 Å². The van der Waals surface area contributed by atoms with Gasteiger partial charge >= 0.3 is 0 Å². The van der Waals surface area contributed by atoms with Gasteiger partial charge in [0.05, 0.1) is 23.1 Å². The molecule has 8 nitrogen and oxygen atoms in total. The lowest BCUT2D eigenvalue weighted by atomic mass is 10.1. The topological polar surface area (TPSA) is 98.5 Å². The molecular weight excluding hydrogens is 422 g/mol. The summed E-state index contributed by atoms with van der Waals surface area (Å²) in [5.74, 6) is -0.290. The van der Waals surface area contributed by atoms with Crippen LogP contribution in [0.4, 0.5) is 0 Å². The number of fused-ring (bicyclic) bond motifs is 1. The van der Waals surface area contributed by atoms with Crippen LogP contribution < -0.4 is 5.32 Å². The van der Waals surface area contributed by atoms with Crippen molar-refractivity contribution in [2.24, 2.45) is 0 Å². The van der Waals surface area contributed by atoms with Gasteiger partial charge in [-0.05, 0) is 38.1 Å². The highest BCUT2D eigenvalue weighted by Gasteiger charge is 2.21. The summed E-state index contributed by atoms with van der Waals surface area (Å²) in [6, 6.07) is 11.4. The molecular formula is C23H19N7OS. The molecule has 1 amide bonds. The molecule has 0 bridgehead atoms. The van der Waals surface area contributed by atoms with E-state index >= 15 is 0 Å². The van der Waals surface area contributed by atoms with Crippen molar-refractivity contribution in [2.45, 2.75) is 19.9 Å². The molecule has 32 heavy (non-hydrogen) atoms. The van der Waals surface area contributed by atoms with Crippen LogP contribution >= 0.6 is 11.3 Å². The van der Waals surface area contributed by atoms with E-state index in [1.807, 2.05) is 55.6 Å². The number of pyridine rings is 2. The second kappa shape index (κ2) is 8.27. The minimum atomic E-state index is -0.290. The molecule has 0 radical (unpaired) electrons. The zero-order chi connectivity index (χ0) is 22.1. The molecule has 0 aliphatic rings. The van der Waals surface area contributed by atoms with E-state index in [1.54, 1.807) is 29.5 Å². The van der Waals surface area contributed by atoms with Gasteiger partial charge in [0.1, 0.15) is 5.01 Å². The Labute approximate surface area is 188 Å². The third kappa shape index (κ3) is 3.63. The summed E-state index contributed by atoms with van der Waals surface area (Å²) >= 11 is 1.50. The molecule has 0 aliphatic heterocycles. The fourth-order valence-corrected chi connectivity index (χ4v) is 4.35. The number of carbonyl (C=O) groups is 1. The number of thiazole rings is 1. The second-order valence-corrected chi connectivity index (χ2v) is 8.21. The minimum absolute atomic E-state index is 0.272. The Morgan fingerprint density at radius 2 is 1.97 bits per heavy atom. The third-order valence-corrected chi connectivity index (χ3v) is 6.22. The maximum atomic E-state index is 13.0. The summed E-state index contributed by atoms with van der Waals surface area (Å²) in [5.41, 5.74) is 3.58. The highest BCUT2D eigenvalue weighted by Crippen LogP contribution is 2.26. The average Bonchev–Trinajstić information content (AvgIpc) is 3.47. The summed E-state index contributed by atoms with van der Waals surface area (Å²) in [5, 5.41) is 16.1. The molecule has 1 aromatic carbocycles. The van der Waals surface area contributed by atoms with Crippen molar-refractivity contribution in [3.8, 4) is 16.9 Å². The van der Waals surface area contributed by atoms with Crippen molar-refractivity contribution in [3.05, 3.63) is 83.0 Å². The van der Waals surface area contributed by atoms with Gasteiger partial charge in [-0.2, -0.15) is 0 Å². The lowest BCUT2D eigenvalue weighted by Gasteiger charge is -2.11. The van der Waals surface area contributed by atoms with Crippen LogP contribution in [0.15, 0.2) is 66.6 Å². The average molecular weight is 442 g/mol. The highest BCUT2D eigenvalue weighted by atomic mass is 32.1. The Morgan fingerprint density at radius 3 is 2.81 bits per heavy atom. The molecule has 0 saturated carbocycles. The standard InChI is InChI=1S/C23H19N7OS/c1-14(23-27-19(13-32-23)17-6-4-9-24-12-17)26-22(31)21-15(2)30(29-28-21)20-7-3-5-16-11-25-10-8-18(16)20/h3-14H,1-2H3,(H,26,31). The fraction of sp³-hybridized carbons (Fsp3) is 0.130. The molecule has 1 atom stereocenters. The number of benzene rings is 1. The van der Waals surface area contributed by atoms with Gasteiger partial charge in [-0.3, -0.25) is 14.8 Å². The van der Waals surface area contributed by atoms with E-state index < -0.39 is 0 Å². The minimum Gasteiger partial charge on any atom is -0.342 e. The smallest absolute Gasteiger partial charge is 0.274 e. The van der Waals surface area contributed by atoms with Crippen molar-refractivity contribution in [1.82, 2.24) is 35.3 Å². The van der Waals surface area contributed by atoms with Gasteiger partial charge in [0.2, 0.25) is 0 Å². The van der Waals surface area contributed by atoms with E-state index in [2.05, 4.69) is 30.6 Å². The number of nitrogens with one attached hydrogen (secondary N) is 1. The van der Waals surface area contributed by atoms with E-state index in [4.69, 9.17) is 0 Å². The van der Waals surface area contributed by atoms with Crippen LogP contribution in [-0.2, 0) is 0 Å². The molecule has 0 fully saturated rings. The quantitative estimate of drug-likeness (QED) is 0.440. The van der Waals surface area contributed by atoms with Crippen molar-refractivity contribution in [2.75, 3.05) is 0 Å². The first-order valence-corrected chi connectivity index (χ1v) is 10.9. The van der Waals surface area contributed by atoms with E-state index in [-0.39, 0.29) is 17.6 Å². The third-order valence-electron chi connectivity index (χ3n) is 5.19. The van der Waals surface area contributed by atoms with Gasteiger partial charge in [-0.25, -0.2) is 9.67 Å². The molecule has 1 unspecified atom stereocenters. The Hall–Kier alpha value is -3.98. The first-order chi connectivity index (χ1) is 15.6. The van der Waals surface area contributed by atoms with Crippen molar-refractivity contribution in [1.29, 1.82) is 0 Å². The van der Waals surface area contributed by atoms with Crippen molar-refractivity contribution >= 4 is 28.0 Å². The van der Waals surface area contributed by atoms with Gasteiger partial charge in [0.25, 0.3) is 5.91 Å². The van der Waals surface area contributed by atoms with E-state index in [9.17, 15) is 4.79 Å². The summed E-state index contributed by atoms with van der Waals surface area (Å²) in [4.78, 5) is 25.9. The van der Waals surface area contributed by atoms with Gasteiger partial charge in [0.15, 0.2) is 5.69 Å². The first-order valence-electron chi connectivity index (χ1n) is 10.0. The summed E-state index contributed by atoms with van der Waals surface area (Å²) in [6.07, 6.45) is 7.03. The van der Waals surface area contributed by atoms with E-state index in [0.717, 1.165) is 32.7 Å². The summed E-state index contributed by atoms with van der Waals surface area (Å²) in [7, 11) is 0. The molecule has 158 valence electrons. The highest BCUT2D eigenvalue weighted by molar-refractivity contribution is 7.10. The number of hydrogen-bond acceptors (Lipinski definition) is 7. The predicted octanol–water partition coefficient (Wildman–Crippen LogP) is 4.13. The molecule has 0 spiro atoms. The lowest BCUT2D eigenvalue weighted by Crippen LogP contribution is -2.27. The summed E-state index contributed by atoms with van der Waals surface area (Å²) in [6.45, 7) is 3.74. The monoisotopic (exact) mass is 441 g/mol. The molecule has 4 heterocycles. The van der Waals surface area contributed by atoms with Crippen LogP contribution in [0.5, 0.6) is 0 Å². The van der Waals surface area contributed by atoms with Crippen molar-refractivity contribution in [3.63, 3.8) is 0 Å². The van der Waals surface area contributed by atoms with Crippen molar-refractivity contribution < 1.29 is 4.79 Å². The van der Waals surface area contributed by atoms with Gasteiger partial charge in [0, 0.05) is 46.5 Å². The molecule has 9 heteroatoms. The first kappa shape index (κ1) is 20.0. The Bertz CT molecular complexity index is 1410. The fourth-order valence-electron chi connectivity index (χ4n) is 3.52. The van der Waals surface area contributed by atoms with Gasteiger partial charge < -0.3 is 5.32 Å². The molecule has 0 aliphatic carbocycles. The molecule has 0 saturated heterocycles. The Balaban J connectivity index is 1.38. The number of hydrogen-bond donors (Lipinski definition) is 1. The SMILES string of the molecule is Cc1c(C(=O)NC(C)c2nc(-c3cccnc3)cs2)nnn1-c1cccc2cnccc12. The van der Waals surface area contributed by atoms with E-state index in [0.29, 0.717) is 5.69 Å². The van der Waals surface area contributed by atoms with Crippen LogP contribution in [0.3, 0.4) is 0 Å². The largest absolute Gasteiger partial charge is 0.342 e. The van der Waals surface area contributed by atoms with Crippen LogP contribution in [0.2, 0.25) is 0 Å². The van der Waals surface area contributed by atoms with Crippen LogP contribution in [0.25, 0.3) is 27.7 Å².